The van der Waals surface area contributed by atoms with Crippen LogP contribution < -0.4 is 16.4 Å². The fraction of sp³-hybridized carbons (Fsp3) is 0.593. The second-order valence-corrected chi connectivity index (χ2v) is 10.4. The summed E-state index contributed by atoms with van der Waals surface area (Å²) in [4.78, 5) is 64.9. The van der Waals surface area contributed by atoms with Crippen molar-refractivity contribution in [1.82, 2.24) is 15.5 Å². The highest BCUT2D eigenvalue weighted by Crippen LogP contribution is 2.34. The van der Waals surface area contributed by atoms with Crippen molar-refractivity contribution in [3.05, 3.63) is 29.8 Å². The molecule has 12 nitrogen and oxygen atoms in total. The summed E-state index contributed by atoms with van der Waals surface area (Å²) in [5, 5.41) is 15.1. The molecule has 12 heteroatoms. The van der Waals surface area contributed by atoms with Crippen LogP contribution in [0.4, 0.5) is 4.79 Å². The van der Waals surface area contributed by atoms with Crippen LogP contribution >= 0.6 is 0 Å². The number of hydrogen-bond donors (Lipinski definition) is 4. The van der Waals surface area contributed by atoms with Gasteiger partial charge in [0, 0.05) is 19.0 Å². The van der Waals surface area contributed by atoms with Gasteiger partial charge in [-0.15, -0.1) is 0 Å². The van der Waals surface area contributed by atoms with Crippen LogP contribution in [0.25, 0.3) is 0 Å². The number of aromatic hydroxyl groups is 1. The van der Waals surface area contributed by atoms with Gasteiger partial charge in [-0.25, -0.2) is 4.79 Å². The Hall–Kier alpha value is -3.83. The van der Waals surface area contributed by atoms with Gasteiger partial charge in [-0.1, -0.05) is 12.1 Å². The van der Waals surface area contributed by atoms with Crippen LogP contribution in [0.3, 0.4) is 0 Å². The molecule has 0 heterocycles. The number of alkyl carbamates (subject to hydrolysis) is 1. The average Bonchev–Trinajstić information content (AvgIpc) is 2.79. The molecule has 0 saturated heterocycles. The average molecular weight is 549 g/mol. The molecular weight excluding hydrogens is 508 g/mol. The summed E-state index contributed by atoms with van der Waals surface area (Å²) < 4.78 is 10.2. The predicted molar refractivity (Wildman–Crippen MR) is 141 cm³/mol. The molecule has 5 N–H and O–H groups in total. The van der Waals surface area contributed by atoms with E-state index in [0.29, 0.717) is 18.4 Å². The number of amides is 4. The maximum atomic E-state index is 14.0. The molecule has 216 valence electrons. The Morgan fingerprint density at radius 1 is 1.10 bits per heavy atom. The van der Waals surface area contributed by atoms with Crippen LogP contribution in [0.5, 0.6) is 5.75 Å². The highest BCUT2D eigenvalue weighted by molar-refractivity contribution is 5.93. The Bertz CT molecular complexity index is 1020. The lowest BCUT2D eigenvalue weighted by molar-refractivity contribution is -0.148. The molecule has 1 fully saturated rings. The second kappa shape index (κ2) is 14.4. The van der Waals surface area contributed by atoms with Crippen molar-refractivity contribution >= 4 is 29.8 Å². The molecule has 2 rings (SSSR count). The van der Waals surface area contributed by atoms with Crippen LogP contribution in [0.2, 0.25) is 0 Å². The maximum absolute atomic E-state index is 14.0. The van der Waals surface area contributed by atoms with Crippen molar-refractivity contribution in [2.75, 3.05) is 13.2 Å². The number of nitrogens with two attached hydrogens (primary N) is 1. The zero-order valence-corrected chi connectivity index (χ0v) is 23.0. The van der Waals surface area contributed by atoms with Crippen LogP contribution in [0.15, 0.2) is 24.3 Å². The first-order valence-corrected chi connectivity index (χ1v) is 13.1. The van der Waals surface area contributed by atoms with Crippen molar-refractivity contribution in [3.63, 3.8) is 0 Å². The van der Waals surface area contributed by atoms with Crippen molar-refractivity contribution in [1.29, 1.82) is 0 Å². The Labute approximate surface area is 228 Å². The number of esters is 1. The van der Waals surface area contributed by atoms with Crippen LogP contribution in [0.1, 0.15) is 77.8 Å². The monoisotopic (exact) mass is 548 g/mol. The van der Waals surface area contributed by atoms with Gasteiger partial charge in [0.2, 0.25) is 17.7 Å². The van der Waals surface area contributed by atoms with Crippen molar-refractivity contribution < 1.29 is 38.6 Å². The Morgan fingerprint density at radius 3 is 2.26 bits per heavy atom. The van der Waals surface area contributed by atoms with E-state index in [1.165, 1.54) is 29.2 Å². The van der Waals surface area contributed by atoms with Gasteiger partial charge in [-0.05, 0) is 71.1 Å². The lowest BCUT2D eigenvalue weighted by Crippen LogP contribution is -2.57. The minimum Gasteiger partial charge on any atom is -0.508 e. The summed E-state index contributed by atoms with van der Waals surface area (Å²) in [6, 6.07) is 3.22. The first kappa shape index (κ1) is 31.4. The number of phenols is 1. The fourth-order valence-electron chi connectivity index (χ4n) is 4.07. The van der Waals surface area contributed by atoms with Crippen LogP contribution in [-0.4, -0.2) is 70.6 Å². The van der Waals surface area contributed by atoms with Gasteiger partial charge in [0.25, 0.3) is 0 Å². The number of primary amides is 1. The third-order valence-corrected chi connectivity index (χ3v) is 6.06. The Kier molecular flexibility index (Phi) is 11.6. The third kappa shape index (κ3) is 10.1. The maximum Gasteiger partial charge on any atom is 0.408 e. The predicted octanol–water partition coefficient (Wildman–Crippen LogP) is 2.04. The van der Waals surface area contributed by atoms with E-state index in [2.05, 4.69) is 10.6 Å². The van der Waals surface area contributed by atoms with E-state index >= 15 is 0 Å². The van der Waals surface area contributed by atoms with Gasteiger partial charge in [0.05, 0.1) is 13.0 Å². The second-order valence-electron chi connectivity index (χ2n) is 10.4. The largest absolute Gasteiger partial charge is 0.508 e. The van der Waals surface area contributed by atoms with Gasteiger partial charge >= 0.3 is 12.1 Å². The van der Waals surface area contributed by atoms with E-state index in [1.807, 2.05) is 0 Å². The fourth-order valence-corrected chi connectivity index (χ4v) is 4.07. The number of nitrogens with zero attached hydrogens (tertiary/aromatic N) is 1. The zero-order chi connectivity index (χ0) is 29.2. The van der Waals surface area contributed by atoms with E-state index < -0.39 is 47.5 Å². The molecule has 1 aromatic carbocycles. The summed E-state index contributed by atoms with van der Waals surface area (Å²) in [6.07, 6.45) is 0.924. The number of phenolic OH excluding ortho intramolecular Hbond substituents is 1. The summed E-state index contributed by atoms with van der Waals surface area (Å²) in [6.45, 7) is 6.91. The normalized spacial score (nSPS) is 14.8. The summed E-state index contributed by atoms with van der Waals surface area (Å²) in [5.74, 6) is -2.27. The topological polar surface area (TPSA) is 177 Å². The van der Waals surface area contributed by atoms with Gasteiger partial charge in [0.1, 0.15) is 23.4 Å². The third-order valence-electron chi connectivity index (χ3n) is 6.06. The number of carbonyl (C=O) groups excluding carboxylic acids is 5. The molecule has 0 aromatic heterocycles. The molecule has 1 saturated carbocycles. The van der Waals surface area contributed by atoms with E-state index in [0.717, 1.165) is 6.42 Å². The van der Waals surface area contributed by atoms with Gasteiger partial charge in [0.15, 0.2) is 0 Å². The molecular formula is C27H40N4O8. The summed E-state index contributed by atoms with van der Waals surface area (Å²) >= 11 is 0. The summed E-state index contributed by atoms with van der Waals surface area (Å²) in [7, 11) is 0. The van der Waals surface area contributed by atoms with E-state index in [4.69, 9.17) is 15.2 Å². The standard InChI is InChI=1S/C27H40N4O8/c1-5-38-22(34)15-16-29-24(35)23(17-9-11-19(32)12-10-17)31(18-7-6-8-18)25(36)20(13-14-21(28)33)30-26(37)39-27(2,3)4/h9-12,18,20,23,32H,5-8,13-16H2,1-4H3,(H2,28,33)(H,29,35)(H,30,37). The lowest BCUT2D eigenvalue weighted by Gasteiger charge is -2.43. The minimum absolute atomic E-state index is 0.0137. The molecule has 1 aliphatic rings. The van der Waals surface area contributed by atoms with E-state index in [-0.39, 0.29) is 44.2 Å². The molecule has 1 aliphatic carbocycles. The first-order chi connectivity index (χ1) is 18.3. The number of rotatable bonds is 13. The highest BCUT2D eigenvalue weighted by Gasteiger charge is 2.42. The Balaban J connectivity index is 2.41. The SMILES string of the molecule is CCOC(=O)CCNC(=O)C(c1ccc(O)cc1)N(C(=O)C(CCC(N)=O)NC(=O)OC(C)(C)C)C1CCC1. The highest BCUT2D eigenvalue weighted by atomic mass is 16.6. The lowest BCUT2D eigenvalue weighted by atomic mass is 9.87. The molecule has 2 unspecified atom stereocenters. The van der Waals surface area contributed by atoms with Crippen molar-refractivity contribution in [2.24, 2.45) is 5.73 Å². The number of ether oxygens (including phenoxy) is 2. The number of benzene rings is 1. The van der Waals surface area contributed by atoms with Gasteiger partial charge in [-0.3, -0.25) is 19.2 Å². The molecule has 0 radical (unpaired) electrons. The molecule has 2 atom stereocenters. The van der Waals surface area contributed by atoms with Crippen molar-refractivity contribution in [2.45, 2.75) is 89.9 Å². The smallest absolute Gasteiger partial charge is 0.408 e. The molecule has 0 aliphatic heterocycles. The molecule has 0 spiro atoms. The van der Waals surface area contributed by atoms with Crippen LogP contribution in [0, 0.1) is 0 Å². The summed E-state index contributed by atoms with van der Waals surface area (Å²) in [5.41, 5.74) is 4.92. The van der Waals surface area contributed by atoms with Crippen molar-refractivity contribution in [3.8, 4) is 5.75 Å². The molecule has 1 aromatic rings. The van der Waals surface area contributed by atoms with Gasteiger partial charge in [-0.2, -0.15) is 0 Å². The number of nitrogens with one attached hydrogen (secondary N) is 2. The molecule has 39 heavy (non-hydrogen) atoms. The van der Waals surface area contributed by atoms with Gasteiger partial charge < -0.3 is 35.8 Å². The quantitative estimate of drug-likeness (QED) is 0.271. The van der Waals surface area contributed by atoms with E-state index in [9.17, 15) is 29.1 Å². The zero-order valence-electron chi connectivity index (χ0n) is 23.0. The Morgan fingerprint density at radius 2 is 1.74 bits per heavy atom. The van der Waals surface area contributed by atoms with E-state index in [1.54, 1.807) is 27.7 Å². The first-order valence-electron chi connectivity index (χ1n) is 13.1. The molecule has 4 amide bonds. The number of hydrogen-bond acceptors (Lipinski definition) is 8. The number of carbonyl (C=O) groups is 5. The van der Waals surface area contributed by atoms with Crippen LogP contribution in [-0.2, 0) is 28.7 Å². The molecule has 0 bridgehead atoms. The minimum atomic E-state index is -1.19.